The minimum atomic E-state index is -0.184. The first-order valence-corrected chi connectivity index (χ1v) is 7.03. The number of aromatic hydroxyl groups is 1. The molecule has 1 amide bonds. The van der Waals surface area contributed by atoms with Crippen LogP contribution in [-0.2, 0) is 11.3 Å². The lowest BCUT2D eigenvalue weighted by Crippen LogP contribution is -2.35. The lowest BCUT2D eigenvalue weighted by Gasteiger charge is -2.22. The van der Waals surface area contributed by atoms with E-state index in [2.05, 4.69) is 15.9 Å². The van der Waals surface area contributed by atoms with Gasteiger partial charge < -0.3 is 14.7 Å². The number of ether oxygens (including phenoxy) is 1. The van der Waals surface area contributed by atoms with Crippen molar-refractivity contribution in [1.29, 1.82) is 0 Å². The number of carbonyl (C=O) groups excluding carboxylic acids is 1. The van der Waals surface area contributed by atoms with E-state index in [9.17, 15) is 9.90 Å². The molecule has 0 aromatic heterocycles. The van der Waals surface area contributed by atoms with Gasteiger partial charge in [0.05, 0.1) is 11.9 Å². The summed E-state index contributed by atoms with van der Waals surface area (Å²) in [6.07, 6.45) is 0. The standard InChI is InChI=1S/C14H20BrNO3/c1-9(2)13(15)14(18)16(3)8-10-5-6-11(17)12(7-10)19-4/h5-7,9,13,17H,8H2,1-4H3. The van der Waals surface area contributed by atoms with Gasteiger partial charge in [0, 0.05) is 13.6 Å². The van der Waals surface area contributed by atoms with Crippen molar-refractivity contribution in [2.45, 2.75) is 25.2 Å². The molecule has 0 spiro atoms. The Labute approximate surface area is 122 Å². The molecule has 1 aromatic rings. The predicted molar refractivity (Wildman–Crippen MR) is 78.7 cm³/mol. The largest absolute Gasteiger partial charge is 0.504 e. The van der Waals surface area contributed by atoms with Gasteiger partial charge in [-0.05, 0) is 23.6 Å². The Kier molecular flexibility index (Phi) is 5.66. The van der Waals surface area contributed by atoms with Gasteiger partial charge in [0.25, 0.3) is 0 Å². The first-order valence-electron chi connectivity index (χ1n) is 6.11. The molecule has 0 fully saturated rings. The van der Waals surface area contributed by atoms with Gasteiger partial charge in [-0.3, -0.25) is 4.79 Å². The number of phenolic OH excluding ortho intramolecular Hbond substituents is 1. The van der Waals surface area contributed by atoms with Gasteiger partial charge in [-0.25, -0.2) is 0 Å². The number of amides is 1. The fourth-order valence-corrected chi connectivity index (χ4v) is 2.02. The summed E-state index contributed by atoms with van der Waals surface area (Å²) >= 11 is 3.41. The zero-order valence-corrected chi connectivity index (χ0v) is 13.3. The number of hydrogen-bond donors (Lipinski definition) is 1. The maximum atomic E-state index is 12.1. The number of methoxy groups -OCH3 is 1. The average molecular weight is 330 g/mol. The SMILES string of the molecule is COc1cc(CN(C)C(=O)C(Br)C(C)C)ccc1O. The Morgan fingerprint density at radius 1 is 1.47 bits per heavy atom. The molecule has 0 saturated carbocycles. The van der Waals surface area contributed by atoms with Crippen LogP contribution in [0.15, 0.2) is 18.2 Å². The van der Waals surface area contributed by atoms with E-state index >= 15 is 0 Å². The van der Waals surface area contributed by atoms with Crippen LogP contribution in [0.4, 0.5) is 0 Å². The summed E-state index contributed by atoms with van der Waals surface area (Å²) in [6, 6.07) is 5.08. The molecule has 1 aromatic carbocycles. The lowest BCUT2D eigenvalue weighted by atomic mass is 10.1. The molecule has 0 bridgehead atoms. The summed E-state index contributed by atoms with van der Waals surface area (Å²) < 4.78 is 5.05. The maximum Gasteiger partial charge on any atom is 0.236 e. The zero-order chi connectivity index (χ0) is 14.6. The number of benzene rings is 1. The Morgan fingerprint density at radius 3 is 2.63 bits per heavy atom. The summed E-state index contributed by atoms with van der Waals surface area (Å²) in [4.78, 5) is 13.6. The summed E-state index contributed by atoms with van der Waals surface area (Å²) in [5, 5.41) is 9.53. The number of carbonyl (C=O) groups is 1. The van der Waals surface area contributed by atoms with Crippen molar-refractivity contribution in [3.8, 4) is 11.5 Å². The number of nitrogens with zero attached hydrogens (tertiary/aromatic N) is 1. The monoisotopic (exact) mass is 329 g/mol. The minimum Gasteiger partial charge on any atom is -0.504 e. The van der Waals surface area contributed by atoms with Gasteiger partial charge >= 0.3 is 0 Å². The summed E-state index contributed by atoms with van der Waals surface area (Å²) in [6.45, 7) is 4.47. The van der Waals surface area contributed by atoms with Gasteiger partial charge in [0.15, 0.2) is 11.5 Å². The molecule has 1 rings (SSSR count). The number of halogens is 1. The number of rotatable bonds is 5. The smallest absolute Gasteiger partial charge is 0.236 e. The number of alkyl halides is 1. The molecule has 1 N–H and O–H groups in total. The first kappa shape index (κ1) is 15.8. The van der Waals surface area contributed by atoms with Crippen molar-refractivity contribution < 1.29 is 14.6 Å². The molecule has 1 unspecified atom stereocenters. The van der Waals surface area contributed by atoms with Crippen LogP contribution in [0.1, 0.15) is 19.4 Å². The van der Waals surface area contributed by atoms with Crippen molar-refractivity contribution in [2.24, 2.45) is 5.92 Å². The van der Waals surface area contributed by atoms with Crippen LogP contribution in [0, 0.1) is 5.92 Å². The molecule has 1 atom stereocenters. The van der Waals surface area contributed by atoms with Gasteiger partial charge in [-0.15, -0.1) is 0 Å². The predicted octanol–water partition coefficient (Wildman–Crippen LogP) is 2.78. The summed E-state index contributed by atoms with van der Waals surface area (Å²) in [5.74, 6) is 0.796. The fourth-order valence-electron chi connectivity index (χ4n) is 1.67. The van der Waals surface area contributed by atoms with Crippen LogP contribution in [-0.4, -0.2) is 34.9 Å². The molecule has 4 nitrogen and oxygen atoms in total. The van der Waals surface area contributed by atoms with E-state index in [0.717, 1.165) is 5.56 Å². The topological polar surface area (TPSA) is 49.8 Å². The van der Waals surface area contributed by atoms with Gasteiger partial charge in [-0.2, -0.15) is 0 Å². The summed E-state index contributed by atoms with van der Waals surface area (Å²) in [5.41, 5.74) is 0.911. The molecular formula is C14H20BrNO3. The van der Waals surface area contributed by atoms with Crippen molar-refractivity contribution in [3.63, 3.8) is 0 Å². The van der Waals surface area contributed by atoms with E-state index in [0.29, 0.717) is 12.3 Å². The highest BCUT2D eigenvalue weighted by Crippen LogP contribution is 2.27. The quantitative estimate of drug-likeness (QED) is 0.845. The third kappa shape index (κ3) is 4.13. The molecule has 19 heavy (non-hydrogen) atoms. The Bertz CT molecular complexity index is 448. The second kappa shape index (κ2) is 6.80. The van der Waals surface area contributed by atoms with E-state index in [1.165, 1.54) is 7.11 Å². The van der Waals surface area contributed by atoms with Crippen molar-refractivity contribution in [2.75, 3.05) is 14.2 Å². The fraction of sp³-hybridized carbons (Fsp3) is 0.500. The van der Waals surface area contributed by atoms with E-state index < -0.39 is 0 Å². The van der Waals surface area contributed by atoms with Crippen LogP contribution in [0.3, 0.4) is 0 Å². The average Bonchev–Trinajstić information content (AvgIpc) is 2.38. The number of hydrogen-bond acceptors (Lipinski definition) is 3. The molecule has 0 saturated heterocycles. The molecule has 0 aliphatic carbocycles. The Morgan fingerprint density at radius 2 is 2.11 bits per heavy atom. The van der Waals surface area contributed by atoms with E-state index in [1.54, 1.807) is 30.1 Å². The highest BCUT2D eigenvalue weighted by molar-refractivity contribution is 9.10. The normalized spacial score (nSPS) is 12.3. The molecule has 5 heteroatoms. The molecule has 0 aliphatic rings. The van der Waals surface area contributed by atoms with E-state index in [-0.39, 0.29) is 22.4 Å². The maximum absolute atomic E-state index is 12.1. The van der Waals surface area contributed by atoms with Crippen LogP contribution in [0.25, 0.3) is 0 Å². The Balaban J connectivity index is 2.77. The second-order valence-electron chi connectivity index (χ2n) is 4.85. The molecule has 0 aliphatic heterocycles. The number of phenols is 1. The molecule has 106 valence electrons. The highest BCUT2D eigenvalue weighted by Gasteiger charge is 2.22. The van der Waals surface area contributed by atoms with Crippen molar-refractivity contribution in [3.05, 3.63) is 23.8 Å². The second-order valence-corrected chi connectivity index (χ2v) is 5.83. The Hall–Kier alpha value is -1.23. The lowest BCUT2D eigenvalue weighted by molar-refractivity contribution is -0.130. The van der Waals surface area contributed by atoms with Crippen LogP contribution < -0.4 is 4.74 Å². The van der Waals surface area contributed by atoms with Gasteiger partial charge in [0.1, 0.15) is 0 Å². The van der Waals surface area contributed by atoms with Gasteiger partial charge in [0.2, 0.25) is 5.91 Å². The highest BCUT2D eigenvalue weighted by atomic mass is 79.9. The molecule has 0 radical (unpaired) electrons. The summed E-state index contributed by atoms with van der Waals surface area (Å²) in [7, 11) is 3.26. The van der Waals surface area contributed by atoms with Crippen molar-refractivity contribution in [1.82, 2.24) is 4.90 Å². The molecular weight excluding hydrogens is 310 g/mol. The van der Waals surface area contributed by atoms with Crippen LogP contribution in [0.2, 0.25) is 0 Å². The first-order chi connectivity index (χ1) is 8.86. The van der Waals surface area contributed by atoms with E-state index in [4.69, 9.17) is 4.74 Å². The van der Waals surface area contributed by atoms with Crippen molar-refractivity contribution >= 4 is 21.8 Å². The third-order valence-corrected chi connectivity index (χ3v) is 4.31. The molecule has 0 heterocycles. The van der Waals surface area contributed by atoms with E-state index in [1.807, 2.05) is 13.8 Å². The van der Waals surface area contributed by atoms with Gasteiger partial charge in [-0.1, -0.05) is 35.8 Å². The zero-order valence-electron chi connectivity index (χ0n) is 11.7. The minimum absolute atomic E-state index is 0.0436. The van der Waals surface area contributed by atoms with Crippen LogP contribution in [0.5, 0.6) is 11.5 Å². The van der Waals surface area contributed by atoms with Crippen LogP contribution >= 0.6 is 15.9 Å². The third-order valence-electron chi connectivity index (χ3n) is 2.86.